The molecule has 0 radical (unpaired) electrons. The van der Waals surface area contributed by atoms with Crippen molar-refractivity contribution >= 4 is 11.8 Å². The van der Waals surface area contributed by atoms with Crippen LogP contribution in [-0.2, 0) is 0 Å². The lowest BCUT2D eigenvalue weighted by atomic mass is 10.1. The molecule has 0 saturated heterocycles. The number of hydrogen-bond donors (Lipinski definition) is 0. The zero-order valence-electron chi connectivity index (χ0n) is 10.6. The van der Waals surface area contributed by atoms with Gasteiger partial charge in [-0.1, -0.05) is 5.16 Å². The first-order valence-electron chi connectivity index (χ1n) is 5.86. The van der Waals surface area contributed by atoms with E-state index in [1.807, 2.05) is 12.3 Å². The van der Waals surface area contributed by atoms with Gasteiger partial charge in [0.15, 0.2) is 11.6 Å². The summed E-state index contributed by atoms with van der Waals surface area (Å²) in [6, 6.07) is 7.86. The Morgan fingerprint density at radius 3 is 2.70 bits per heavy atom. The number of hydrogen-bond acceptors (Lipinski definition) is 5. The molecule has 6 heteroatoms. The molecule has 2 aromatic heterocycles. The zero-order chi connectivity index (χ0) is 13.9. The second-order valence-corrected chi connectivity index (χ2v) is 4.82. The predicted octanol–water partition coefficient (Wildman–Crippen LogP) is 3.66. The maximum atomic E-state index is 13.0. The topological polar surface area (TPSA) is 51.8 Å². The molecule has 20 heavy (non-hydrogen) atoms. The molecular weight excluding hydrogens is 277 g/mol. The normalized spacial score (nSPS) is 10.7. The standard InChI is InChI=1S/C14H10FN3OS/c1-20-12-6-7-16-14(18-12)11-8-17-19-13(11)9-2-4-10(15)5-3-9/h2-8H,1H3. The SMILES string of the molecule is CSc1ccnc(-c2cnoc2-c2ccc(F)cc2)n1. The van der Waals surface area contributed by atoms with Crippen molar-refractivity contribution < 1.29 is 8.91 Å². The predicted molar refractivity (Wildman–Crippen MR) is 74.7 cm³/mol. The van der Waals surface area contributed by atoms with Crippen LogP contribution in [0.25, 0.3) is 22.7 Å². The number of aromatic nitrogens is 3. The van der Waals surface area contributed by atoms with Crippen LogP contribution in [0.3, 0.4) is 0 Å². The first kappa shape index (κ1) is 12.8. The number of rotatable bonds is 3. The summed E-state index contributed by atoms with van der Waals surface area (Å²) in [5.74, 6) is 0.774. The van der Waals surface area contributed by atoms with E-state index >= 15 is 0 Å². The lowest BCUT2D eigenvalue weighted by Gasteiger charge is -2.02. The van der Waals surface area contributed by atoms with Gasteiger partial charge >= 0.3 is 0 Å². The largest absolute Gasteiger partial charge is 0.356 e. The van der Waals surface area contributed by atoms with Gasteiger partial charge in [-0.15, -0.1) is 11.8 Å². The summed E-state index contributed by atoms with van der Waals surface area (Å²) >= 11 is 1.53. The quantitative estimate of drug-likeness (QED) is 0.543. The van der Waals surface area contributed by atoms with Crippen LogP contribution in [-0.4, -0.2) is 21.4 Å². The van der Waals surface area contributed by atoms with Crippen LogP contribution in [0.5, 0.6) is 0 Å². The third-order valence-corrected chi connectivity index (χ3v) is 3.40. The maximum Gasteiger partial charge on any atom is 0.177 e. The van der Waals surface area contributed by atoms with Crippen LogP contribution < -0.4 is 0 Å². The van der Waals surface area contributed by atoms with Gasteiger partial charge < -0.3 is 4.52 Å². The van der Waals surface area contributed by atoms with Crippen molar-refractivity contribution in [3.8, 4) is 22.7 Å². The monoisotopic (exact) mass is 287 g/mol. The van der Waals surface area contributed by atoms with Gasteiger partial charge in [-0.25, -0.2) is 14.4 Å². The van der Waals surface area contributed by atoms with Crippen LogP contribution in [0.2, 0.25) is 0 Å². The molecule has 0 N–H and O–H groups in total. The van der Waals surface area contributed by atoms with Crippen LogP contribution in [0.15, 0.2) is 52.3 Å². The van der Waals surface area contributed by atoms with Gasteiger partial charge in [0.25, 0.3) is 0 Å². The molecule has 1 aromatic carbocycles. The van der Waals surface area contributed by atoms with Gasteiger partial charge in [0, 0.05) is 11.8 Å². The summed E-state index contributed by atoms with van der Waals surface area (Å²) < 4.78 is 18.2. The molecule has 0 unspecified atom stereocenters. The molecule has 0 fully saturated rings. The molecular formula is C14H10FN3OS. The Kier molecular flexibility index (Phi) is 3.47. The summed E-state index contributed by atoms with van der Waals surface area (Å²) in [5.41, 5.74) is 1.42. The van der Waals surface area contributed by atoms with Gasteiger partial charge in [0.05, 0.1) is 16.8 Å². The maximum absolute atomic E-state index is 13.0. The number of halogens is 1. The molecule has 3 aromatic rings. The van der Waals surface area contributed by atoms with Gasteiger partial charge in [0.2, 0.25) is 0 Å². The van der Waals surface area contributed by atoms with Gasteiger partial charge in [-0.2, -0.15) is 0 Å². The molecule has 0 saturated carbocycles. The van der Waals surface area contributed by atoms with Crippen LogP contribution in [0, 0.1) is 5.82 Å². The molecule has 0 bridgehead atoms. The summed E-state index contributed by atoms with van der Waals surface area (Å²) in [5, 5.41) is 4.66. The second kappa shape index (κ2) is 5.42. The van der Waals surface area contributed by atoms with Crippen molar-refractivity contribution in [1.82, 2.24) is 15.1 Å². The lowest BCUT2D eigenvalue weighted by molar-refractivity contribution is 0.432. The molecule has 0 aliphatic rings. The van der Waals surface area contributed by atoms with Crippen molar-refractivity contribution in [3.05, 3.63) is 48.5 Å². The van der Waals surface area contributed by atoms with Gasteiger partial charge in [-0.05, 0) is 36.6 Å². The summed E-state index contributed by atoms with van der Waals surface area (Å²) in [4.78, 5) is 8.65. The van der Waals surface area contributed by atoms with Crippen molar-refractivity contribution in [2.24, 2.45) is 0 Å². The van der Waals surface area contributed by atoms with Crippen molar-refractivity contribution in [2.75, 3.05) is 6.26 Å². The third kappa shape index (κ3) is 2.42. The third-order valence-electron chi connectivity index (χ3n) is 2.76. The van der Waals surface area contributed by atoms with Crippen LogP contribution in [0.4, 0.5) is 4.39 Å². The van der Waals surface area contributed by atoms with E-state index in [4.69, 9.17) is 4.52 Å². The molecule has 100 valence electrons. The highest BCUT2D eigenvalue weighted by Gasteiger charge is 2.15. The van der Waals surface area contributed by atoms with E-state index in [0.717, 1.165) is 10.6 Å². The lowest BCUT2D eigenvalue weighted by Crippen LogP contribution is -1.90. The minimum Gasteiger partial charge on any atom is -0.356 e. The molecule has 0 aliphatic carbocycles. The first-order chi connectivity index (χ1) is 9.78. The second-order valence-electron chi connectivity index (χ2n) is 4.00. The van der Waals surface area contributed by atoms with E-state index in [0.29, 0.717) is 17.1 Å². The smallest absolute Gasteiger partial charge is 0.177 e. The van der Waals surface area contributed by atoms with Crippen molar-refractivity contribution in [2.45, 2.75) is 5.03 Å². The average Bonchev–Trinajstić information content (AvgIpc) is 2.97. The van der Waals surface area contributed by atoms with E-state index in [9.17, 15) is 4.39 Å². The summed E-state index contributed by atoms with van der Waals surface area (Å²) in [6.07, 6.45) is 5.20. The van der Waals surface area contributed by atoms with E-state index in [-0.39, 0.29) is 5.82 Å². The first-order valence-corrected chi connectivity index (χ1v) is 7.08. The Morgan fingerprint density at radius 1 is 1.15 bits per heavy atom. The fraction of sp³-hybridized carbons (Fsp3) is 0.0714. The van der Waals surface area contributed by atoms with E-state index in [2.05, 4.69) is 15.1 Å². The molecule has 0 amide bonds. The fourth-order valence-corrected chi connectivity index (χ4v) is 2.17. The molecule has 0 atom stereocenters. The number of benzene rings is 1. The average molecular weight is 287 g/mol. The minimum absolute atomic E-state index is 0.296. The highest BCUT2D eigenvalue weighted by molar-refractivity contribution is 7.98. The van der Waals surface area contributed by atoms with E-state index < -0.39 is 0 Å². The van der Waals surface area contributed by atoms with Crippen LogP contribution in [0.1, 0.15) is 0 Å². The summed E-state index contributed by atoms with van der Waals surface area (Å²) in [7, 11) is 0. The van der Waals surface area contributed by atoms with E-state index in [1.54, 1.807) is 24.5 Å². The van der Waals surface area contributed by atoms with Crippen molar-refractivity contribution in [3.63, 3.8) is 0 Å². The molecule has 0 spiro atoms. The zero-order valence-corrected chi connectivity index (χ0v) is 11.4. The molecule has 0 aliphatic heterocycles. The highest BCUT2D eigenvalue weighted by atomic mass is 32.2. The minimum atomic E-state index is -0.296. The fourth-order valence-electron chi connectivity index (χ4n) is 1.79. The highest BCUT2D eigenvalue weighted by Crippen LogP contribution is 2.30. The Morgan fingerprint density at radius 2 is 1.95 bits per heavy atom. The Hall–Kier alpha value is -2.21. The Bertz CT molecular complexity index is 727. The molecule has 2 heterocycles. The van der Waals surface area contributed by atoms with Crippen LogP contribution >= 0.6 is 11.8 Å². The Labute approximate surface area is 119 Å². The van der Waals surface area contributed by atoms with Gasteiger partial charge in [-0.3, -0.25) is 0 Å². The van der Waals surface area contributed by atoms with Crippen molar-refractivity contribution in [1.29, 1.82) is 0 Å². The number of thioether (sulfide) groups is 1. The molecule has 4 nitrogen and oxygen atoms in total. The van der Waals surface area contributed by atoms with Gasteiger partial charge in [0.1, 0.15) is 5.82 Å². The Balaban J connectivity index is 2.07. The molecule has 3 rings (SSSR count). The van der Waals surface area contributed by atoms with E-state index in [1.165, 1.54) is 23.9 Å². The summed E-state index contributed by atoms with van der Waals surface area (Å²) in [6.45, 7) is 0. The number of nitrogens with zero attached hydrogens (tertiary/aromatic N) is 3.